The van der Waals surface area contributed by atoms with E-state index in [1.165, 1.54) is 17.7 Å². The second kappa shape index (κ2) is 3.77. The van der Waals surface area contributed by atoms with E-state index in [-0.39, 0.29) is 6.42 Å². The summed E-state index contributed by atoms with van der Waals surface area (Å²) in [6.45, 7) is 1.84. The van der Waals surface area contributed by atoms with Crippen LogP contribution in [-0.4, -0.2) is 31.2 Å². The third-order valence-corrected chi connectivity index (χ3v) is 2.85. The molecule has 2 heterocycles. The molecule has 0 atom stereocenters. The first-order valence-electron chi connectivity index (χ1n) is 4.20. The molecule has 2 rings (SSSR count). The summed E-state index contributed by atoms with van der Waals surface area (Å²) in [5.74, 6) is -0.313. The molecule has 2 aromatic heterocycles. The molecule has 0 spiro atoms. The molecule has 0 unspecified atom stereocenters. The van der Waals surface area contributed by atoms with Gasteiger partial charge in [-0.2, -0.15) is 5.10 Å². The largest absolute Gasteiger partial charge is 0.481 e. The van der Waals surface area contributed by atoms with Crippen LogP contribution in [0.2, 0.25) is 0 Å². The summed E-state index contributed by atoms with van der Waals surface area (Å²) in [5, 5.41) is 15.7. The molecule has 78 valence electrons. The number of carboxylic acids is 1. The van der Waals surface area contributed by atoms with Crippen LogP contribution in [0.25, 0.3) is 10.8 Å². The van der Waals surface area contributed by atoms with Gasteiger partial charge in [-0.15, -0.1) is 11.3 Å². The molecule has 0 saturated heterocycles. The van der Waals surface area contributed by atoms with Crippen molar-refractivity contribution in [3.63, 3.8) is 0 Å². The number of thiazole rings is 1. The highest BCUT2D eigenvalue weighted by Gasteiger charge is 2.13. The molecule has 0 aromatic carbocycles. The highest BCUT2D eigenvalue weighted by molar-refractivity contribution is 7.15. The van der Waals surface area contributed by atoms with E-state index in [4.69, 9.17) is 5.11 Å². The molecular formula is C8H8N4O2S. The highest BCUT2D eigenvalue weighted by atomic mass is 32.1. The Morgan fingerprint density at radius 2 is 2.47 bits per heavy atom. The maximum atomic E-state index is 10.5. The van der Waals surface area contributed by atoms with Gasteiger partial charge in [0.05, 0.1) is 12.1 Å². The van der Waals surface area contributed by atoms with Crippen LogP contribution < -0.4 is 0 Å². The fourth-order valence-electron chi connectivity index (χ4n) is 1.15. The molecule has 15 heavy (non-hydrogen) atoms. The van der Waals surface area contributed by atoms with Crippen LogP contribution in [0.15, 0.2) is 6.33 Å². The number of carbonyl (C=O) groups is 1. The molecule has 0 saturated carbocycles. The first-order chi connectivity index (χ1) is 7.16. The molecule has 0 aliphatic rings. The van der Waals surface area contributed by atoms with Gasteiger partial charge in [0.25, 0.3) is 0 Å². The Kier molecular flexibility index (Phi) is 2.46. The number of H-pyrrole nitrogens is 1. The van der Waals surface area contributed by atoms with Crippen molar-refractivity contribution in [3.8, 4) is 10.8 Å². The number of rotatable bonds is 3. The highest BCUT2D eigenvalue weighted by Crippen LogP contribution is 2.24. The minimum Gasteiger partial charge on any atom is -0.481 e. The van der Waals surface area contributed by atoms with Gasteiger partial charge < -0.3 is 5.11 Å². The van der Waals surface area contributed by atoms with E-state index in [0.29, 0.717) is 16.5 Å². The molecule has 0 aliphatic heterocycles. The molecule has 7 heteroatoms. The van der Waals surface area contributed by atoms with Crippen LogP contribution in [0, 0.1) is 6.92 Å². The average Bonchev–Trinajstić information content (AvgIpc) is 2.75. The SMILES string of the molecule is Cc1sc(-c2ncn[nH]2)nc1CC(=O)O. The van der Waals surface area contributed by atoms with Crippen molar-refractivity contribution in [1.82, 2.24) is 20.2 Å². The van der Waals surface area contributed by atoms with Crippen LogP contribution in [0.3, 0.4) is 0 Å². The van der Waals surface area contributed by atoms with Crippen molar-refractivity contribution in [2.45, 2.75) is 13.3 Å². The Morgan fingerprint density at radius 3 is 3.07 bits per heavy atom. The lowest BCUT2D eigenvalue weighted by Gasteiger charge is -1.90. The van der Waals surface area contributed by atoms with Crippen molar-refractivity contribution in [2.24, 2.45) is 0 Å². The number of hydrogen-bond acceptors (Lipinski definition) is 5. The van der Waals surface area contributed by atoms with Crippen molar-refractivity contribution < 1.29 is 9.90 Å². The summed E-state index contributed by atoms with van der Waals surface area (Å²) < 4.78 is 0. The van der Waals surface area contributed by atoms with Gasteiger partial charge in [-0.05, 0) is 6.92 Å². The number of aliphatic carboxylic acids is 1. The van der Waals surface area contributed by atoms with Crippen molar-refractivity contribution in [1.29, 1.82) is 0 Å². The Bertz CT molecular complexity index is 477. The average molecular weight is 224 g/mol. The van der Waals surface area contributed by atoms with Gasteiger partial charge in [-0.25, -0.2) is 9.97 Å². The number of aromatic amines is 1. The first-order valence-corrected chi connectivity index (χ1v) is 5.02. The fraction of sp³-hybridized carbons (Fsp3) is 0.250. The molecule has 2 N–H and O–H groups in total. The van der Waals surface area contributed by atoms with E-state index in [0.717, 1.165) is 4.88 Å². The molecule has 0 bridgehead atoms. The maximum absolute atomic E-state index is 10.5. The monoisotopic (exact) mass is 224 g/mol. The minimum absolute atomic E-state index is 0.0591. The van der Waals surface area contributed by atoms with Crippen LogP contribution in [0.1, 0.15) is 10.6 Å². The second-order valence-electron chi connectivity index (χ2n) is 2.93. The zero-order valence-corrected chi connectivity index (χ0v) is 8.71. The molecule has 0 aliphatic carbocycles. The van der Waals surface area contributed by atoms with Gasteiger partial charge >= 0.3 is 5.97 Å². The number of aryl methyl sites for hydroxylation is 1. The second-order valence-corrected chi connectivity index (χ2v) is 4.13. The summed E-state index contributed by atoms with van der Waals surface area (Å²) in [7, 11) is 0. The summed E-state index contributed by atoms with van der Waals surface area (Å²) in [4.78, 5) is 19.6. The molecular weight excluding hydrogens is 216 g/mol. The van der Waals surface area contributed by atoms with E-state index >= 15 is 0 Å². The number of hydrogen-bond donors (Lipinski definition) is 2. The van der Waals surface area contributed by atoms with Gasteiger partial charge in [-0.1, -0.05) is 0 Å². The lowest BCUT2D eigenvalue weighted by molar-refractivity contribution is -0.136. The smallest absolute Gasteiger partial charge is 0.309 e. The van der Waals surface area contributed by atoms with Gasteiger partial charge in [0.15, 0.2) is 10.8 Å². The Labute approximate surface area is 89.0 Å². The third kappa shape index (κ3) is 2.01. The van der Waals surface area contributed by atoms with Gasteiger partial charge in [0, 0.05) is 4.88 Å². The third-order valence-electron chi connectivity index (χ3n) is 1.83. The Morgan fingerprint density at radius 1 is 1.67 bits per heavy atom. The van der Waals surface area contributed by atoms with Crippen LogP contribution in [0.5, 0.6) is 0 Å². The molecule has 0 fully saturated rings. The van der Waals surface area contributed by atoms with Gasteiger partial charge in [-0.3, -0.25) is 9.89 Å². The van der Waals surface area contributed by atoms with Crippen LogP contribution >= 0.6 is 11.3 Å². The lowest BCUT2D eigenvalue weighted by Crippen LogP contribution is -2.01. The van der Waals surface area contributed by atoms with Crippen molar-refractivity contribution in [2.75, 3.05) is 0 Å². The zero-order valence-electron chi connectivity index (χ0n) is 7.89. The molecule has 0 radical (unpaired) electrons. The summed E-state index contributed by atoms with van der Waals surface area (Å²) in [6.07, 6.45) is 1.33. The van der Waals surface area contributed by atoms with Crippen molar-refractivity contribution in [3.05, 3.63) is 16.9 Å². The topological polar surface area (TPSA) is 91.8 Å². The number of carboxylic acid groups (broad SMARTS) is 1. The van der Waals surface area contributed by atoms with Gasteiger partial charge in [0.1, 0.15) is 6.33 Å². The Balaban J connectivity index is 2.33. The zero-order chi connectivity index (χ0) is 10.8. The van der Waals surface area contributed by atoms with E-state index in [1.54, 1.807) is 0 Å². The number of nitrogens with zero attached hydrogens (tertiary/aromatic N) is 3. The number of nitrogens with one attached hydrogen (secondary N) is 1. The first kappa shape index (κ1) is 9.78. The number of aromatic nitrogens is 4. The summed E-state index contributed by atoms with van der Waals surface area (Å²) in [6, 6.07) is 0. The molecule has 0 amide bonds. The minimum atomic E-state index is -0.882. The summed E-state index contributed by atoms with van der Waals surface area (Å²) >= 11 is 1.41. The normalized spacial score (nSPS) is 10.5. The van der Waals surface area contributed by atoms with Crippen molar-refractivity contribution >= 4 is 17.3 Å². The van der Waals surface area contributed by atoms with E-state index in [2.05, 4.69) is 20.2 Å². The quantitative estimate of drug-likeness (QED) is 0.806. The maximum Gasteiger partial charge on any atom is 0.309 e. The van der Waals surface area contributed by atoms with E-state index < -0.39 is 5.97 Å². The van der Waals surface area contributed by atoms with Crippen LogP contribution in [-0.2, 0) is 11.2 Å². The fourth-order valence-corrected chi connectivity index (χ4v) is 2.02. The Hall–Kier alpha value is -1.76. The predicted molar refractivity (Wildman–Crippen MR) is 53.6 cm³/mol. The summed E-state index contributed by atoms with van der Waals surface area (Å²) in [5.41, 5.74) is 0.582. The van der Waals surface area contributed by atoms with E-state index in [1.807, 2.05) is 6.92 Å². The van der Waals surface area contributed by atoms with E-state index in [9.17, 15) is 4.79 Å². The molecule has 2 aromatic rings. The van der Waals surface area contributed by atoms with Crippen LogP contribution in [0.4, 0.5) is 0 Å². The molecule has 6 nitrogen and oxygen atoms in total. The predicted octanol–water partition coefficient (Wildman–Crippen LogP) is 0.864. The van der Waals surface area contributed by atoms with Gasteiger partial charge in [0.2, 0.25) is 0 Å². The standard InChI is InChI=1S/C8H8N4O2S/c1-4-5(2-6(13)14)11-8(15-4)7-9-3-10-12-7/h3H,2H2,1H3,(H,13,14)(H,9,10,12). The lowest BCUT2D eigenvalue weighted by atomic mass is 10.3.